The normalized spacial score (nSPS) is 11.5. The van der Waals surface area contributed by atoms with Gasteiger partial charge in [0.2, 0.25) is 5.82 Å². The van der Waals surface area contributed by atoms with Gasteiger partial charge in [-0.15, -0.1) is 5.10 Å². The van der Waals surface area contributed by atoms with Crippen molar-refractivity contribution in [1.29, 1.82) is 0 Å². The summed E-state index contributed by atoms with van der Waals surface area (Å²) in [6.45, 7) is 1.81. The fourth-order valence-electron chi connectivity index (χ4n) is 1.53. The number of aryl methyl sites for hydroxylation is 1. The topological polar surface area (TPSA) is 70.7 Å². The summed E-state index contributed by atoms with van der Waals surface area (Å²) in [5, 5.41) is 8.46. The van der Waals surface area contributed by atoms with E-state index in [9.17, 15) is 18.0 Å². The average Bonchev–Trinajstić information content (AvgIpc) is 2.88. The van der Waals surface area contributed by atoms with Crippen molar-refractivity contribution in [2.45, 2.75) is 19.5 Å². The number of amides is 1. The molecule has 1 aromatic heterocycles. The van der Waals surface area contributed by atoms with Crippen molar-refractivity contribution < 1.29 is 18.0 Å². The molecule has 9 heteroatoms. The zero-order valence-electron chi connectivity index (χ0n) is 10.8. The number of carbonyl (C=O) groups is 1. The number of hydrogen-bond acceptors (Lipinski definition) is 3. The Bertz CT molecular complexity index is 669. The van der Waals surface area contributed by atoms with E-state index in [1.807, 2.05) is 6.92 Å². The maximum atomic E-state index is 12.6. The molecule has 0 unspecified atom stereocenters. The fourth-order valence-corrected chi connectivity index (χ4v) is 1.70. The summed E-state index contributed by atoms with van der Waals surface area (Å²) in [7, 11) is 0. The summed E-state index contributed by atoms with van der Waals surface area (Å²) in [5.41, 5.74) is -1.06. The monoisotopic (exact) mass is 318 g/mol. The Morgan fingerprint density at radius 1 is 1.43 bits per heavy atom. The third-order valence-electron chi connectivity index (χ3n) is 2.61. The van der Waals surface area contributed by atoms with Crippen LogP contribution in [0.1, 0.15) is 28.9 Å². The molecule has 0 fully saturated rings. The highest BCUT2D eigenvalue weighted by Gasteiger charge is 2.31. The molecule has 21 heavy (non-hydrogen) atoms. The molecule has 0 saturated carbocycles. The van der Waals surface area contributed by atoms with Crippen LogP contribution < -0.4 is 5.32 Å². The molecule has 0 aliphatic carbocycles. The second-order valence-electron chi connectivity index (χ2n) is 4.11. The van der Waals surface area contributed by atoms with Crippen LogP contribution in [-0.4, -0.2) is 21.1 Å². The second kappa shape index (κ2) is 5.72. The third kappa shape index (κ3) is 3.52. The van der Waals surface area contributed by atoms with Gasteiger partial charge in [0, 0.05) is 6.42 Å². The van der Waals surface area contributed by atoms with Gasteiger partial charge in [0.25, 0.3) is 5.91 Å². The van der Waals surface area contributed by atoms with Crippen molar-refractivity contribution in [3.63, 3.8) is 0 Å². The molecule has 0 saturated heterocycles. The summed E-state index contributed by atoms with van der Waals surface area (Å²) in [4.78, 5) is 15.7. The van der Waals surface area contributed by atoms with Crippen LogP contribution in [-0.2, 0) is 12.6 Å². The number of aromatic nitrogens is 3. The number of aromatic amines is 1. The first-order valence-corrected chi connectivity index (χ1v) is 6.28. The molecule has 1 heterocycles. The first-order chi connectivity index (χ1) is 9.81. The van der Waals surface area contributed by atoms with Crippen molar-refractivity contribution in [3.8, 4) is 0 Å². The molecule has 0 spiro atoms. The summed E-state index contributed by atoms with van der Waals surface area (Å²) < 4.78 is 37.9. The van der Waals surface area contributed by atoms with Gasteiger partial charge in [-0.1, -0.05) is 18.5 Å². The van der Waals surface area contributed by atoms with Crippen molar-refractivity contribution in [1.82, 2.24) is 15.2 Å². The third-order valence-corrected chi connectivity index (χ3v) is 2.94. The van der Waals surface area contributed by atoms with Crippen molar-refractivity contribution in [3.05, 3.63) is 40.4 Å². The predicted octanol–water partition coefficient (Wildman–Crippen LogP) is 3.29. The smallest absolute Gasteiger partial charge is 0.318 e. The number of H-pyrrole nitrogens is 1. The van der Waals surface area contributed by atoms with E-state index in [0.29, 0.717) is 12.2 Å². The van der Waals surface area contributed by atoms with E-state index in [1.54, 1.807) is 0 Å². The van der Waals surface area contributed by atoms with Crippen LogP contribution in [0.3, 0.4) is 0 Å². The van der Waals surface area contributed by atoms with E-state index in [1.165, 1.54) is 0 Å². The number of nitrogens with one attached hydrogen (secondary N) is 2. The second-order valence-corrected chi connectivity index (χ2v) is 4.51. The lowest BCUT2D eigenvalue weighted by atomic mass is 10.2. The Morgan fingerprint density at radius 2 is 2.14 bits per heavy atom. The Labute approximate surface area is 122 Å². The Kier molecular flexibility index (Phi) is 4.17. The molecule has 5 nitrogen and oxygen atoms in total. The molecule has 1 amide bonds. The van der Waals surface area contributed by atoms with Crippen LogP contribution in [0.5, 0.6) is 0 Å². The predicted molar refractivity (Wildman–Crippen MR) is 70.2 cm³/mol. The summed E-state index contributed by atoms with van der Waals surface area (Å²) in [6, 6.07) is 2.66. The zero-order chi connectivity index (χ0) is 15.6. The van der Waals surface area contributed by atoms with Gasteiger partial charge >= 0.3 is 6.18 Å². The van der Waals surface area contributed by atoms with E-state index in [-0.39, 0.29) is 16.5 Å². The quantitative estimate of drug-likeness (QED) is 0.912. The number of nitrogens with zero attached hydrogens (tertiary/aromatic N) is 2. The lowest BCUT2D eigenvalue weighted by Crippen LogP contribution is -2.15. The minimum Gasteiger partial charge on any atom is -0.318 e. The van der Waals surface area contributed by atoms with Gasteiger partial charge < -0.3 is 5.32 Å². The van der Waals surface area contributed by atoms with Crippen LogP contribution in [0, 0.1) is 0 Å². The molecule has 0 aliphatic heterocycles. The largest absolute Gasteiger partial charge is 0.416 e. The van der Waals surface area contributed by atoms with Crippen molar-refractivity contribution in [2.75, 3.05) is 5.32 Å². The standard InChI is InChI=1S/C12H10ClF3N4O/c1-2-9-18-10(20-19-9)11(21)17-8-5-6(12(14,15)16)3-4-7(8)13/h3-5H,2H2,1H3,(H,17,21)(H,18,19,20). The molecule has 0 radical (unpaired) electrons. The molecular formula is C12H10ClF3N4O. The Morgan fingerprint density at radius 3 is 2.71 bits per heavy atom. The lowest BCUT2D eigenvalue weighted by Gasteiger charge is -2.10. The fraction of sp³-hybridized carbons (Fsp3) is 0.250. The minimum atomic E-state index is -4.52. The molecule has 0 aliphatic rings. The maximum absolute atomic E-state index is 12.6. The van der Waals surface area contributed by atoms with Crippen LogP contribution in [0.4, 0.5) is 18.9 Å². The van der Waals surface area contributed by atoms with Gasteiger partial charge in [0.1, 0.15) is 5.82 Å². The van der Waals surface area contributed by atoms with E-state index in [2.05, 4.69) is 20.5 Å². The highest BCUT2D eigenvalue weighted by molar-refractivity contribution is 6.33. The Hall–Kier alpha value is -2.09. The number of alkyl halides is 3. The van der Waals surface area contributed by atoms with Crippen LogP contribution >= 0.6 is 11.6 Å². The van der Waals surface area contributed by atoms with E-state index < -0.39 is 17.6 Å². The van der Waals surface area contributed by atoms with Crippen LogP contribution in [0.25, 0.3) is 0 Å². The number of hydrogen-bond donors (Lipinski definition) is 2. The molecule has 1 aromatic carbocycles. The number of rotatable bonds is 3. The van der Waals surface area contributed by atoms with Crippen molar-refractivity contribution in [2.24, 2.45) is 0 Å². The zero-order valence-corrected chi connectivity index (χ0v) is 11.5. The van der Waals surface area contributed by atoms with Gasteiger partial charge in [-0.05, 0) is 18.2 Å². The first kappa shape index (κ1) is 15.3. The summed E-state index contributed by atoms with van der Waals surface area (Å²) in [6.07, 6.45) is -3.98. The van der Waals surface area contributed by atoms with E-state index >= 15 is 0 Å². The molecule has 0 atom stereocenters. The van der Waals surface area contributed by atoms with Crippen LogP contribution in [0.15, 0.2) is 18.2 Å². The molecule has 0 bridgehead atoms. The first-order valence-electron chi connectivity index (χ1n) is 5.90. The summed E-state index contributed by atoms with van der Waals surface area (Å²) in [5.74, 6) is -0.414. The van der Waals surface area contributed by atoms with E-state index in [0.717, 1.165) is 18.2 Å². The van der Waals surface area contributed by atoms with E-state index in [4.69, 9.17) is 11.6 Å². The van der Waals surface area contributed by atoms with Gasteiger partial charge in [0.05, 0.1) is 16.3 Å². The molecule has 2 aromatic rings. The average molecular weight is 319 g/mol. The highest BCUT2D eigenvalue weighted by atomic mass is 35.5. The number of carbonyl (C=O) groups excluding carboxylic acids is 1. The van der Waals surface area contributed by atoms with Gasteiger partial charge in [0.15, 0.2) is 0 Å². The molecule has 2 rings (SSSR count). The van der Waals surface area contributed by atoms with Gasteiger partial charge in [-0.25, -0.2) is 4.98 Å². The number of halogens is 4. The number of anilines is 1. The molecule has 2 N–H and O–H groups in total. The van der Waals surface area contributed by atoms with Gasteiger partial charge in [-0.2, -0.15) is 13.2 Å². The lowest BCUT2D eigenvalue weighted by molar-refractivity contribution is -0.137. The maximum Gasteiger partial charge on any atom is 0.416 e. The number of benzene rings is 1. The van der Waals surface area contributed by atoms with Crippen LogP contribution in [0.2, 0.25) is 5.02 Å². The molecular weight excluding hydrogens is 309 g/mol. The SMILES string of the molecule is CCc1nc(C(=O)Nc2cc(C(F)(F)F)ccc2Cl)n[nH]1. The minimum absolute atomic E-state index is 0.0115. The Balaban J connectivity index is 2.24. The summed E-state index contributed by atoms with van der Waals surface area (Å²) >= 11 is 5.78. The van der Waals surface area contributed by atoms with Crippen molar-refractivity contribution >= 4 is 23.2 Å². The highest BCUT2D eigenvalue weighted by Crippen LogP contribution is 2.33. The molecule has 112 valence electrons. The van der Waals surface area contributed by atoms with Gasteiger partial charge in [-0.3, -0.25) is 9.89 Å².